The minimum Gasteiger partial charge on any atom is -0.396 e. The minimum absolute atomic E-state index is 0.0100. The van der Waals surface area contributed by atoms with Gasteiger partial charge in [0.1, 0.15) is 0 Å². The number of hydrogen-bond acceptors (Lipinski definition) is 1. The molecule has 0 aliphatic rings. The molecular formula is C10H19NO. The third-order valence-electron chi connectivity index (χ3n) is 2.68. The topological polar surface area (TPSA) is 24.6 Å². The van der Waals surface area contributed by atoms with Crippen LogP contribution in [0, 0.1) is 12.0 Å². The number of nitrogens with zero attached hydrogens (tertiary/aromatic N) is 1. The van der Waals surface area contributed by atoms with Crippen molar-refractivity contribution in [2.45, 2.75) is 46.1 Å². The normalized spacial score (nSPS) is 16.7. The Kier molecular flexibility index (Phi) is 3.73. The van der Waals surface area contributed by atoms with Gasteiger partial charge in [0, 0.05) is 25.4 Å². The van der Waals surface area contributed by atoms with Gasteiger partial charge >= 0.3 is 0 Å². The van der Waals surface area contributed by atoms with Gasteiger partial charge in [-0.3, -0.25) is 0 Å². The largest absolute Gasteiger partial charge is 0.396 e. The maximum Gasteiger partial charge on any atom is 0.234 e. The highest BCUT2D eigenvalue weighted by Crippen LogP contribution is 2.37. The van der Waals surface area contributed by atoms with Crippen LogP contribution in [0.5, 0.6) is 0 Å². The van der Waals surface area contributed by atoms with Crippen molar-refractivity contribution in [2.24, 2.45) is 5.41 Å². The molecule has 12 heavy (non-hydrogen) atoms. The Morgan fingerprint density at radius 3 is 2.00 bits per heavy atom. The van der Waals surface area contributed by atoms with Gasteiger partial charge in [-0.2, -0.15) is 0 Å². The van der Waals surface area contributed by atoms with E-state index in [0.717, 1.165) is 12.8 Å². The Labute approximate surface area is 75.4 Å². The zero-order valence-electron chi connectivity index (χ0n) is 8.52. The molecule has 0 aromatic heterocycles. The molecule has 0 rings (SSSR count). The second kappa shape index (κ2) is 3.91. The first-order valence-corrected chi connectivity index (χ1v) is 4.37. The van der Waals surface area contributed by atoms with Crippen molar-refractivity contribution in [3.05, 3.63) is 11.4 Å². The van der Waals surface area contributed by atoms with Gasteiger partial charge in [0.25, 0.3) is 0 Å². The lowest BCUT2D eigenvalue weighted by atomic mass is 9.73. The van der Waals surface area contributed by atoms with E-state index in [4.69, 9.17) is 11.7 Å². The fraction of sp³-hybridized carbons (Fsp3) is 0.900. The molecule has 70 valence electrons. The van der Waals surface area contributed by atoms with Crippen LogP contribution in [-0.4, -0.2) is 17.3 Å². The average molecular weight is 169 g/mol. The Morgan fingerprint density at radius 1 is 1.25 bits per heavy atom. The zero-order valence-corrected chi connectivity index (χ0v) is 8.52. The highest BCUT2D eigenvalue weighted by atomic mass is 16.2. The quantitative estimate of drug-likeness (QED) is 0.645. The fourth-order valence-electron chi connectivity index (χ4n) is 1.02. The van der Waals surface area contributed by atoms with Crippen molar-refractivity contribution in [2.75, 3.05) is 6.61 Å². The molecular weight excluding hydrogens is 150 g/mol. The molecule has 0 saturated carbocycles. The summed E-state index contributed by atoms with van der Waals surface area (Å²) in [5.41, 5.74) is -0.348. The molecule has 0 heterocycles. The average Bonchev–Trinajstić information content (AvgIpc) is 1.98. The molecule has 0 aromatic carbocycles. The van der Waals surface area contributed by atoms with Crippen LogP contribution < -0.4 is 0 Å². The molecule has 0 aromatic rings. The molecule has 0 aliphatic heterocycles. The molecule has 2 heteroatoms. The van der Waals surface area contributed by atoms with E-state index in [-0.39, 0.29) is 17.6 Å². The first-order valence-electron chi connectivity index (χ1n) is 4.37. The monoisotopic (exact) mass is 169 g/mol. The summed E-state index contributed by atoms with van der Waals surface area (Å²) >= 11 is 0. The van der Waals surface area contributed by atoms with Crippen LogP contribution in [0.25, 0.3) is 4.85 Å². The van der Waals surface area contributed by atoms with Crippen LogP contribution in [0.4, 0.5) is 0 Å². The van der Waals surface area contributed by atoms with E-state index < -0.39 is 0 Å². The summed E-state index contributed by atoms with van der Waals surface area (Å²) < 4.78 is 0. The van der Waals surface area contributed by atoms with E-state index in [1.807, 2.05) is 6.92 Å². The number of aliphatic hydroxyl groups is 1. The Bertz CT molecular complexity index is 175. The van der Waals surface area contributed by atoms with Crippen molar-refractivity contribution >= 4 is 0 Å². The molecule has 0 radical (unpaired) electrons. The first-order chi connectivity index (χ1) is 5.37. The first kappa shape index (κ1) is 11.4. The Hall–Kier alpha value is -0.550. The molecule has 0 aliphatic carbocycles. The smallest absolute Gasteiger partial charge is 0.234 e. The SMILES string of the molecule is [C-]#[N+]C(C)(CCCO)C(C)(C)C. The lowest BCUT2D eigenvalue weighted by Gasteiger charge is -2.30. The van der Waals surface area contributed by atoms with Gasteiger partial charge in [0.05, 0.1) is 0 Å². The summed E-state index contributed by atoms with van der Waals surface area (Å²) in [6.07, 6.45) is 1.49. The van der Waals surface area contributed by atoms with Crippen LogP contribution in [0.1, 0.15) is 40.5 Å². The number of hydrogen-bond donors (Lipinski definition) is 1. The second-order valence-corrected chi connectivity index (χ2v) is 4.46. The highest BCUT2D eigenvalue weighted by molar-refractivity contribution is 5.02. The molecule has 1 unspecified atom stereocenters. The van der Waals surface area contributed by atoms with E-state index in [9.17, 15) is 0 Å². The maximum absolute atomic E-state index is 8.69. The number of rotatable bonds is 3. The van der Waals surface area contributed by atoms with E-state index in [0.29, 0.717) is 0 Å². The van der Waals surface area contributed by atoms with E-state index in [2.05, 4.69) is 25.6 Å². The van der Waals surface area contributed by atoms with Crippen LogP contribution in [0.2, 0.25) is 0 Å². The maximum atomic E-state index is 8.69. The van der Waals surface area contributed by atoms with Crippen molar-refractivity contribution in [3.63, 3.8) is 0 Å². The molecule has 0 fully saturated rings. The van der Waals surface area contributed by atoms with E-state index in [1.54, 1.807) is 0 Å². The summed E-state index contributed by atoms with van der Waals surface area (Å²) in [5.74, 6) is 0. The third-order valence-corrected chi connectivity index (χ3v) is 2.68. The standard InChI is InChI=1S/C10H19NO/c1-9(2,3)10(4,11-5)7-6-8-12/h12H,6-8H2,1-4H3. The number of aliphatic hydroxyl groups excluding tert-OH is 1. The molecule has 0 bridgehead atoms. The van der Waals surface area contributed by atoms with E-state index in [1.165, 1.54) is 0 Å². The van der Waals surface area contributed by atoms with Crippen molar-refractivity contribution in [1.82, 2.24) is 0 Å². The Balaban J connectivity index is 4.38. The highest BCUT2D eigenvalue weighted by Gasteiger charge is 2.43. The molecule has 0 amide bonds. The summed E-state index contributed by atoms with van der Waals surface area (Å²) in [6, 6.07) is 0. The van der Waals surface area contributed by atoms with Crippen LogP contribution >= 0.6 is 0 Å². The van der Waals surface area contributed by atoms with Crippen molar-refractivity contribution < 1.29 is 5.11 Å². The fourth-order valence-corrected chi connectivity index (χ4v) is 1.02. The van der Waals surface area contributed by atoms with E-state index >= 15 is 0 Å². The minimum atomic E-state index is -0.338. The summed E-state index contributed by atoms with van der Waals surface area (Å²) in [6.45, 7) is 15.5. The van der Waals surface area contributed by atoms with Crippen LogP contribution in [-0.2, 0) is 0 Å². The molecule has 0 spiro atoms. The second-order valence-electron chi connectivity index (χ2n) is 4.46. The van der Waals surface area contributed by atoms with Gasteiger partial charge in [-0.1, -0.05) is 20.8 Å². The summed E-state index contributed by atoms with van der Waals surface area (Å²) in [4.78, 5) is 3.67. The van der Waals surface area contributed by atoms with Crippen LogP contribution in [0.15, 0.2) is 0 Å². The van der Waals surface area contributed by atoms with Gasteiger partial charge in [0.2, 0.25) is 5.54 Å². The molecule has 1 atom stereocenters. The lowest BCUT2D eigenvalue weighted by Crippen LogP contribution is -2.36. The van der Waals surface area contributed by atoms with Crippen molar-refractivity contribution in [3.8, 4) is 0 Å². The van der Waals surface area contributed by atoms with Gasteiger partial charge in [-0.15, -0.1) is 0 Å². The van der Waals surface area contributed by atoms with Gasteiger partial charge in [-0.05, 0) is 6.42 Å². The zero-order chi connectivity index (χ0) is 9.83. The molecule has 0 saturated heterocycles. The van der Waals surface area contributed by atoms with Crippen LogP contribution in [0.3, 0.4) is 0 Å². The van der Waals surface area contributed by atoms with Gasteiger partial charge in [0.15, 0.2) is 0 Å². The van der Waals surface area contributed by atoms with Crippen molar-refractivity contribution in [1.29, 1.82) is 0 Å². The van der Waals surface area contributed by atoms with Gasteiger partial charge in [-0.25, -0.2) is 6.57 Å². The molecule has 1 N–H and O–H groups in total. The Morgan fingerprint density at radius 2 is 1.75 bits per heavy atom. The predicted molar refractivity (Wildman–Crippen MR) is 50.8 cm³/mol. The molecule has 2 nitrogen and oxygen atoms in total. The third kappa shape index (κ3) is 2.49. The van der Waals surface area contributed by atoms with Gasteiger partial charge < -0.3 is 9.95 Å². The summed E-state index contributed by atoms with van der Waals surface area (Å²) in [7, 11) is 0. The lowest BCUT2D eigenvalue weighted by molar-refractivity contribution is 0.207. The summed E-state index contributed by atoms with van der Waals surface area (Å²) in [5, 5.41) is 8.69. The predicted octanol–water partition coefficient (Wildman–Crippen LogP) is 2.48.